The molecule has 2 rings (SSSR count). The minimum absolute atomic E-state index is 0.802. The molecule has 2 aliphatic rings. The summed E-state index contributed by atoms with van der Waals surface area (Å²) in [5.74, 6) is 2.61. The van der Waals surface area contributed by atoms with Crippen molar-refractivity contribution < 1.29 is 0 Å². The van der Waals surface area contributed by atoms with Crippen LogP contribution >= 0.6 is 0 Å². The Bertz CT molecular complexity index is 245. The lowest BCUT2D eigenvalue weighted by molar-refractivity contribution is 0.293. The first-order valence-corrected chi connectivity index (χ1v) is 5.05. The minimum Gasteiger partial charge on any atom is -0.0744 e. The molecule has 1 fully saturated rings. The predicted molar refractivity (Wildman–Crippen MR) is 52.9 cm³/mol. The van der Waals surface area contributed by atoms with E-state index < -0.39 is 0 Å². The van der Waals surface area contributed by atoms with Crippen molar-refractivity contribution in [2.75, 3.05) is 0 Å². The largest absolute Gasteiger partial charge is 0.0744 e. The Hall–Kier alpha value is -0.520. The second kappa shape index (κ2) is 2.76. The van der Waals surface area contributed by atoms with E-state index in [0.717, 1.165) is 17.8 Å². The normalized spacial score (nSPS) is 40.4. The number of allylic oxidation sites excluding steroid dienone is 4. The predicted octanol–water partition coefficient (Wildman–Crippen LogP) is 3.55. The molecule has 0 saturated heterocycles. The molecule has 12 heavy (non-hydrogen) atoms. The van der Waals surface area contributed by atoms with Gasteiger partial charge in [-0.15, -0.1) is 0 Å². The minimum atomic E-state index is 0.802. The summed E-state index contributed by atoms with van der Waals surface area (Å²) in [5.41, 5.74) is 3.18. The Morgan fingerprint density at radius 3 is 2.75 bits per heavy atom. The third-order valence-electron chi connectivity index (χ3n) is 3.51. The summed E-state index contributed by atoms with van der Waals surface area (Å²) in [6.07, 6.45) is 7.55. The van der Waals surface area contributed by atoms with E-state index in [1.54, 1.807) is 5.57 Å². The van der Waals surface area contributed by atoms with Crippen LogP contribution in [0.25, 0.3) is 0 Å². The van der Waals surface area contributed by atoms with Gasteiger partial charge in [-0.1, -0.05) is 37.1 Å². The zero-order chi connectivity index (χ0) is 8.72. The van der Waals surface area contributed by atoms with Crippen LogP contribution in [0.1, 0.15) is 33.6 Å². The number of hydrogen-bond acceptors (Lipinski definition) is 0. The topological polar surface area (TPSA) is 0 Å². The molecule has 0 nitrogen and oxygen atoms in total. The van der Waals surface area contributed by atoms with Gasteiger partial charge in [0.2, 0.25) is 0 Å². The monoisotopic (exact) mass is 162 g/mol. The second-order valence-corrected chi connectivity index (χ2v) is 4.63. The molecule has 66 valence electrons. The highest BCUT2D eigenvalue weighted by Gasteiger charge is 2.29. The molecule has 0 aliphatic heterocycles. The van der Waals surface area contributed by atoms with Gasteiger partial charge in [-0.25, -0.2) is 0 Å². The van der Waals surface area contributed by atoms with Gasteiger partial charge >= 0.3 is 0 Å². The van der Waals surface area contributed by atoms with Gasteiger partial charge in [0.15, 0.2) is 0 Å². The highest BCUT2D eigenvalue weighted by atomic mass is 14.3. The molecule has 0 aromatic heterocycles. The summed E-state index contributed by atoms with van der Waals surface area (Å²) in [6.45, 7) is 7.00. The van der Waals surface area contributed by atoms with Crippen LogP contribution in [0.5, 0.6) is 0 Å². The lowest BCUT2D eigenvalue weighted by Crippen LogP contribution is -2.20. The van der Waals surface area contributed by atoms with Crippen molar-refractivity contribution in [3.05, 3.63) is 23.3 Å². The maximum atomic E-state index is 2.44. The first-order chi connectivity index (χ1) is 5.66. The van der Waals surface area contributed by atoms with Crippen molar-refractivity contribution in [3.8, 4) is 0 Å². The van der Waals surface area contributed by atoms with Crippen molar-refractivity contribution in [1.82, 2.24) is 0 Å². The van der Waals surface area contributed by atoms with E-state index in [-0.39, 0.29) is 0 Å². The lowest BCUT2D eigenvalue weighted by atomic mass is 9.74. The fourth-order valence-electron chi connectivity index (χ4n) is 2.51. The van der Waals surface area contributed by atoms with Gasteiger partial charge in [-0.2, -0.15) is 0 Å². The van der Waals surface area contributed by atoms with Crippen molar-refractivity contribution in [2.24, 2.45) is 17.8 Å². The molecule has 0 aromatic rings. The molecule has 1 saturated carbocycles. The number of hydrogen-bond donors (Lipinski definition) is 0. The van der Waals surface area contributed by atoms with Crippen LogP contribution in [0, 0.1) is 17.8 Å². The van der Waals surface area contributed by atoms with Gasteiger partial charge in [-0.3, -0.25) is 0 Å². The van der Waals surface area contributed by atoms with E-state index in [4.69, 9.17) is 0 Å². The highest BCUT2D eigenvalue weighted by Crippen LogP contribution is 2.41. The first-order valence-electron chi connectivity index (χ1n) is 5.05. The molecule has 0 spiro atoms. The number of rotatable bonds is 0. The van der Waals surface area contributed by atoms with E-state index in [2.05, 4.69) is 32.9 Å². The molecule has 0 N–H and O–H groups in total. The summed E-state index contributed by atoms with van der Waals surface area (Å²) in [7, 11) is 0. The smallest absolute Gasteiger partial charge is 0.00116 e. The van der Waals surface area contributed by atoms with Crippen LogP contribution < -0.4 is 0 Å². The molecule has 0 heteroatoms. The fourth-order valence-corrected chi connectivity index (χ4v) is 2.51. The van der Waals surface area contributed by atoms with E-state index in [9.17, 15) is 0 Å². The molecule has 0 bridgehead atoms. The van der Waals surface area contributed by atoms with Gasteiger partial charge in [0.25, 0.3) is 0 Å². The third-order valence-corrected chi connectivity index (χ3v) is 3.51. The van der Waals surface area contributed by atoms with Gasteiger partial charge in [0, 0.05) is 0 Å². The lowest BCUT2D eigenvalue weighted by Gasteiger charge is -2.31. The Labute approximate surface area is 75.4 Å². The van der Waals surface area contributed by atoms with Crippen molar-refractivity contribution >= 4 is 0 Å². The fraction of sp³-hybridized carbons (Fsp3) is 0.667. The molecule has 0 heterocycles. The average molecular weight is 162 g/mol. The van der Waals surface area contributed by atoms with E-state index in [0.29, 0.717) is 0 Å². The summed E-state index contributed by atoms with van der Waals surface area (Å²) in [5, 5.41) is 0. The van der Waals surface area contributed by atoms with Crippen LogP contribution in [0.2, 0.25) is 0 Å². The third kappa shape index (κ3) is 1.24. The zero-order valence-electron chi connectivity index (χ0n) is 8.30. The Morgan fingerprint density at radius 1 is 1.25 bits per heavy atom. The van der Waals surface area contributed by atoms with Crippen molar-refractivity contribution in [1.29, 1.82) is 0 Å². The summed E-state index contributed by atoms with van der Waals surface area (Å²) < 4.78 is 0. The van der Waals surface area contributed by atoms with Crippen molar-refractivity contribution in [2.45, 2.75) is 33.6 Å². The molecular formula is C12H18. The molecule has 0 radical (unpaired) electrons. The van der Waals surface area contributed by atoms with Crippen LogP contribution in [0.4, 0.5) is 0 Å². The van der Waals surface area contributed by atoms with Gasteiger partial charge in [0.05, 0.1) is 0 Å². The van der Waals surface area contributed by atoms with Crippen LogP contribution in [-0.4, -0.2) is 0 Å². The number of fused-ring (bicyclic) bond motifs is 1. The highest BCUT2D eigenvalue weighted by molar-refractivity contribution is 5.35. The molecule has 0 amide bonds. The van der Waals surface area contributed by atoms with E-state index >= 15 is 0 Å². The summed E-state index contributed by atoms with van der Waals surface area (Å²) in [4.78, 5) is 0. The van der Waals surface area contributed by atoms with Gasteiger partial charge in [0.1, 0.15) is 0 Å². The first kappa shape index (κ1) is 8.10. The van der Waals surface area contributed by atoms with Gasteiger partial charge in [-0.05, 0) is 37.5 Å². The Kier molecular flexibility index (Phi) is 1.86. The maximum absolute atomic E-state index is 2.44. The summed E-state index contributed by atoms with van der Waals surface area (Å²) >= 11 is 0. The second-order valence-electron chi connectivity index (χ2n) is 4.63. The van der Waals surface area contributed by atoms with Crippen LogP contribution in [-0.2, 0) is 0 Å². The average Bonchev–Trinajstić information content (AvgIpc) is 2.30. The molecule has 0 aromatic carbocycles. The molecule has 3 atom stereocenters. The Morgan fingerprint density at radius 2 is 2.00 bits per heavy atom. The maximum Gasteiger partial charge on any atom is -0.00116 e. The zero-order valence-corrected chi connectivity index (χ0v) is 8.30. The molecule has 2 aliphatic carbocycles. The van der Waals surface area contributed by atoms with Crippen LogP contribution in [0.3, 0.4) is 0 Å². The summed E-state index contributed by atoms with van der Waals surface area (Å²) in [6, 6.07) is 0. The van der Waals surface area contributed by atoms with E-state index in [1.165, 1.54) is 18.4 Å². The molecular weight excluding hydrogens is 144 g/mol. The van der Waals surface area contributed by atoms with Crippen molar-refractivity contribution in [3.63, 3.8) is 0 Å². The van der Waals surface area contributed by atoms with Crippen LogP contribution in [0.15, 0.2) is 23.3 Å². The van der Waals surface area contributed by atoms with E-state index in [1.807, 2.05) is 0 Å². The standard InChI is InChI=1S/C12H18/c1-8-4-11-6-9(2)10(3)7-12(11)5-8/h4-5,9-11H,6-7H2,1-3H3. The Balaban J connectivity index is 2.17. The molecule has 3 unspecified atom stereocenters. The van der Waals surface area contributed by atoms with Gasteiger partial charge < -0.3 is 0 Å². The quantitative estimate of drug-likeness (QED) is 0.511. The SMILES string of the molecule is CC1=CC2CC(C)C(C)CC2=C1.